The normalized spacial score (nSPS) is 38.3. The van der Waals surface area contributed by atoms with Crippen LogP contribution in [0.1, 0.15) is 77.6 Å². The zero-order valence-electron chi connectivity index (χ0n) is 14.2. The molecule has 4 atom stereocenters. The maximum absolute atomic E-state index is 6.31. The molecule has 0 bridgehead atoms. The number of nitrogens with one attached hydrogen (secondary N) is 1. The summed E-state index contributed by atoms with van der Waals surface area (Å²) in [6.45, 7) is 3.45. The van der Waals surface area contributed by atoms with Gasteiger partial charge in [-0.2, -0.15) is 0 Å². The third-order valence-corrected chi connectivity index (χ3v) is 6.62. The van der Waals surface area contributed by atoms with Crippen LogP contribution in [0.2, 0.25) is 0 Å². The highest BCUT2D eigenvalue weighted by molar-refractivity contribution is 4.95. The number of ether oxygens (including phenoxy) is 1. The Kier molecular flexibility index (Phi) is 5.27. The van der Waals surface area contributed by atoms with Gasteiger partial charge >= 0.3 is 0 Å². The quantitative estimate of drug-likeness (QED) is 0.825. The fourth-order valence-electron chi connectivity index (χ4n) is 5.58. The second-order valence-corrected chi connectivity index (χ2v) is 8.19. The number of hydrogen-bond acceptors (Lipinski definition) is 2. The zero-order valence-corrected chi connectivity index (χ0v) is 14.2. The van der Waals surface area contributed by atoms with Gasteiger partial charge in [0.25, 0.3) is 0 Å². The van der Waals surface area contributed by atoms with Gasteiger partial charge in [-0.15, -0.1) is 0 Å². The van der Waals surface area contributed by atoms with Crippen molar-refractivity contribution in [3.63, 3.8) is 0 Å². The molecule has 1 heterocycles. The Hall–Kier alpha value is -0.0800. The van der Waals surface area contributed by atoms with Crippen molar-refractivity contribution in [2.45, 2.75) is 89.2 Å². The average Bonchev–Trinajstić information content (AvgIpc) is 2.49. The highest BCUT2D eigenvalue weighted by Crippen LogP contribution is 2.44. The first-order valence-corrected chi connectivity index (χ1v) is 9.54. The third-order valence-electron chi connectivity index (χ3n) is 6.62. The maximum Gasteiger partial charge on any atom is 0.0685 e. The Bertz CT molecular complexity index is 318. The second-order valence-electron chi connectivity index (χ2n) is 8.19. The predicted molar refractivity (Wildman–Crippen MR) is 88.5 cm³/mol. The molecule has 21 heavy (non-hydrogen) atoms. The Labute approximate surface area is 131 Å². The Morgan fingerprint density at radius 1 is 1.00 bits per heavy atom. The van der Waals surface area contributed by atoms with Crippen LogP contribution in [-0.4, -0.2) is 25.3 Å². The van der Waals surface area contributed by atoms with Crippen molar-refractivity contribution in [1.29, 1.82) is 0 Å². The van der Waals surface area contributed by atoms with E-state index < -0.39 is 0 Å². The van der Waals surface area contributed by atoms with Gasteiger partial charge in [-0.1, -0.05) is 39.0 Å². The molecule has 0 amide bonds. The lowest BCUT2D eigenvalue weighted by atomic mass is 9.69. The summed E-state index contributed by atoms with van der Waals surface area (Å²) in [5.74, 6) is 2.68. The summed E-state index contributed by atoms with van der Waals surface area (Å²) in [5.41, 5.74) is 0.260. The fourth-order valence-corrected chi connectivity index (χ4v) is 5.58. The minimum atomic E-state index is 0.260. The summed E-state index contributed by atoms with van der Waals surface area (Å²) >= 11 is 0. The summed E-state index contributed by atoms with van der Waals surface area (Å²) in [6, 6.07) is 0.732. The first-order chi connectivity index (χ1) is 10.2. The lowest BCUT2D eigenvalue weighted by Gasteiger charge is -2.47. The minimum absolute atomic E-state index is 0.260. The molecule has 3 aliphatic rings. The van der Waals surface area contributed by atoms with Crippen LogP contribution >= 0.6 is 0 Å². The van der Waals surface area contributed by atoms with Gasteiger partial charge in [0.2, 0.25) is 0 Å². The summed E-state index contributed by atoms with van der Waals surface area (Å²) in [4.78, 5) is 0. The Balaban J connectivity index is 1.65. The molecule has 2 nitrogen and oxygen atoms in total. The van der Waals surface area contributed by atoms with Crippen LogP contribution in [0.3, 0.4) is 0 Å². The molecule has 1 spiro atoms. The van der Waals surface area contributed by atoms with E-state index in [-0.39, 0.29) is 5.60 Å². The van der Waals surface area contributed by atoms with E-state index in [1.165, 1.54) is 70.6 Å². The van der Waals surface area contributed by atoms with Crippen molar-refractivity contribution in [1.82, 2.24) is 5.32 Å². The van der Waals surface area contributed by atoms with E-state index in [0.29, 0.717) is 0 Å². The van der Waals surface area contributed by atoms with Crippen LogP contribution in [0.15, 0.2) is 0 Å². The molecule has 0 radical (unpaired) electrons. The van der Waals surface area contributed by atoms with Crippen LogP contribution < -0.4 is 5.32 Å². The van der Waals surface area contributed by atoms with Crippen LogP contribution in [0.5, 0.6) is 0 Å². The maximum atomic E-state index is 6.31. The molecule has 3 fully saturated rings. The smallest absolute Gasteiger partial charge is 0.0685 e. The van der Waals surface area contributed by atoms with Gasteiger partial charge in [0.1, 0.15) is 0 Å². The molecule has 4 unspecified atom stereocenters. The van der Waals surface area contributed by atoms with Crippen molar-refractivity contribution in [2.24, 2.45) is 17.8 Å². The second kappa shape index (κ2) is 7.00. The molecule has 1 aliphatic heterocycles. The summed E-state index contributed by atoms with van der Waals surface area (Å²) in [5, 5.41) is 3.73. The monoisotopic (exact) mass is 293 g/mol. The number of rotatable bonds is 3. The Morgan fingerprint density at radius 3 is 2.52 bits per heavy atom. The molecule has 0 aromatic rings. The standard InChI is InChI=1S/C19H35NO/c1-15-7-6-8-16(13-15)18(20-2)17-9-12-21-19(14-17)10-4-3-5-11-19/h15-18,20H,3-14H2,1-2H3. The average molecular weight is 293 g/mol. The first kappa shape index (κ1) is 15.8. The van der Waals surface area contributed by atoms with Gasteiger partial charge in [0.05, 0.1) is 5.60 Å². The molecule has 2 saturated carbocycles. The largest absolute Gasteiger partial charge is 0.375 e. The third kappa shape index (κ3) is 3.64. The van der Waals surface area contributed by atoms with Gasteiger partial charge < -0.3 is 10.1 Å². The highest BCUT2D eigenvalue weighted by atomic mass is 16.5. The predicted octanol–water partition coefficient (Wildman–Crippen LogP) is 4.53. The van der Waals surface area contributed by atoms with Gasteiger partial charge in [-0.05, 0) is 63.3 Å². The van der Waals surface area contributed by atoms with E-state index in [4.69, 9.17) is 4.74 Å². The van der Waals surface area contributed by atoms with E-state index in [2.05, 4.69) is 19.3 Å². The van der Waals surface area contributed by atoms with Crippen molar-refractivity contribution in [2.75, 3.05) is 13.7 Å². The first-order valence-electron chi connectivity index (χ1n) is 9.54. The van der Waals surface area contributed by atoms with Gasteiger partial charge in [-0.25, -0.2) is 0 Å². The molecule has 1 N–H and O–H groups in total. The lowest BCUT2D eigenvalue weighted by Crippen LogP contribution is -2.50. The zero-order chi connectivity index (χ0) is 14.7. The van der Waals surface area contributed by atoms with Gasteiger partial charge in [0.15, 0.2) is 0 Å². The molecule has 2 heteroatoms. The molecule has 122 valence electrons. The van der Waals surface area contributed by atoms with E-state index >= 15 is 0 Å². The van der Waals surface area contributed by atoms with Crippen molar-refractivity contribution >= 4 is 0 Å². The molecule has 1 saturated heterocycles. The summed E-state index contributed by atoms with van der Waals surface area (Å²) in [6.07, 6.45) is 15.2. The molecule has 0 aromatic heterocycles. The van der Waals surface area contributed by atoms with E-state index in [0.717, 1.165) is 30.4 Å². The van der Waals surface area contributed by atoms with E-state index in [9.17, 15) is 0 Å². The highest BCUT2D eigenvalue weighted by Gasteiger charge is 2.42. The Morgan fingerprint density at radius 2 is 1.81 bits per heavy atom. The summed E-state index contributed by atoms with van der Waals surface area (Å²) < 4.78 is 6.31. The molecular formula is C19H35NO. The van der Waals surface area contributed by atoms with Gasteiger partial charge in [-0.3, -0.25) is 0 Å². The van der Waals surface area contributed by atoms with Crippen LogP contribution in [0, 0.1) is 17.8 Å². The molecular weight excluding hydrogens is 258 g/mol. The van der Waals surface area contributed by atoms with Crippen LogP contribution in [0.4, 0.5) is 0 Å². The SMILES string of the molecule is CNC(C1CCCC(C)C1)C1CCOC2(CCCCC2)C1. The fraction of sp³-hybridized carbons (Fsp3) is 1.00. The van der Waals surface area contributed by atoms with Gasteiger partial charge in [0, 0.05) is 12.6 Å². The minimum Gasteiger partial charge on any atom is -0.375 e. The molecule has 2 aliphatic carbocycles. The molecule has 0 aromatic carbocycles. The van der Waals surface area contributed by atoms with E-state index in [1.54, 1.807) is 0 Å². The molecule has 3 rings (SSSR count). The van der Waals surface area contributed by atoms with Crippen molar-refractivity contribution in [3.05, 3.63) is 0 Å². The van der Waals surface area contributed by atoms with Crippen LogP contribution in [-0.2, 0) is 4.74 Å². The lowest BCUT2D eigenvalue weighted by molar-refractivity contribution is -0.124. The topological polar surface area (TPSA) is 21.3 Å². The van der Waals surface area contributed by atoms with Crippen molar-refractivity contribution in [3.8, 4) is 0 Å². The number of hydrogen-bond donors (Lipinski definition) is 1. The van der Waals surface area contributed by atoms with Crippen LogP contribution in [0.25, 0.3) is 0 Å². The van der Waals surface area contributed by atoms with E-state index in [1.807, 2.05) is 0 Å². The van der Waals surface area contributed by atoms with Crippen molar-refractivity contribution < 1.29 is 4.74 Å². The summed E-state index contributed by atoms with van der Waals surface area (Å²) in [7, 11) is 2.20.